The smallest absolute Gasteiger partial charge is 0.242 e. The summed E-state index contributed by atoms with van der Waals surface area (Å²) >= 11 is 0. The van der Waals surface area contributed by atoms with Crippen LogP contribution in [-0.4, -0.2) is 75.9 Å². The van der Waals surface area contributed by atoms with Crippen LogP contribution in [0, 0.1) is 0 Å². The Morgan fingerprint density at radius 1 is 1.10 bits per heavy atom. The van der Waals surface area contributed by atoms with E-state index in [1.165, 1.54) is 4.31 Å². The Bertz CT molecular complexity index is 525. The molecule has 1 heterocycles. The van der Waals surface area contributed by atoms with Crippen molar-refractivity contribution in [2.75, 3.05) is 53.4 Å². The van der Waals surface area contributed by atoms with Crippen LogP contribution in [-0.2, 0) is 10.0 Å². The van der Waals surface area contributed by atoms with Crippen molar-refractivity contribution in [3.63, 3.8) is 0 Å². The number of likely N-dealkylation sites (N-methyl/N-ethyl adjacent to an activating group) is 1. The molecule has 0 bridgehead atoms. The van der Waals surface area contributed by atoms with Crippen molar-refractivity contribution in [1.29, 1.82) is 0 Å². The zero-order valence-corrected chi connectivity index (χ0v) is 13.7. The van der Waals surface area contributed by atoms with E-state index in [4.69, 9.17) is 0 Å². The van der Waals surface area contributed by atoms with E-state index >= 15 is 0 Å². The van der Waals surface area contributed by atoms with Gasteiger partial charge in [0.15, 0.2) is 0 Å². The van der Waals surface area contributed by atoms with E-state index in [2.05, 4.69) is 16.8 Å². The summed E-state index contributed by atoms with van der Waals surface area (Å²) < 4.78 is 26.2. The van der Waals surface area contributed by atoms with Crippen LogP contribution in [0.25, 0.3) is 0 Å². The summed E-state index contributed by atoms with van der Waals surface area (Å²) in [7, 11) is 0.451. The fraction of sp³-hybridized carbons (Fsp3) is 0.600. The van der Waals surface area contributed by atoms with Gasteiger partial charge in [0.1, 0.15) is 0 Å². The van der Waals surface area contributed by atoms with Crippen molar-refractivity contribution < 1.29 is 8.42 Å². The third kappa shape index (κ3) is 4.51. The minimum atomic E-state index is -3.34. The molecule has 1 saturated heterocycles. The van der Waals surface area contributed by atoms with Crippen LogP contribution < -0.4 is 0 Å². The predicted molar refractivity (Wildman–Crippen MR) is 84.8 cm³/mol. The highest BCUT2D eigenvalue weighted by molar-refractivity contribution is 7.89. The molecule has 118 valence electrons. The van der Waals surface area contributed by atoms with Crippen LogP contribution in [0.3, 0.4) is 0 Å². The Hall–Kier alpha value is -0.950. The molecule has 6 heteroatoms. The van der Waals surface area contributed by atoms with E-state index in [1.54, 1.807) is 31.3 Å². The Balaban J connectivity index is 1.80. The molecule has 0 N–H and O–H groups in total. The molecule has 1 aromatic carbocycles. The van der Waals surface area contributed by atoms with E-state index in [1.807, 2.05) is 6.07 Å². The molecule has 0 aliphatic carbocycles. The summed E-state index contributed by atoms with van der Waals surface area (Å²) in [5.74, 6) is 0. The second-order valence-corrected chi connectivity index (χ2v) is 7.68. The van der Waals surface area contributed by atoms with E-state index in [9.17, 15) is 8.42 Å². The van der Waals surface area contributed by atoms with E-state index in [0.717, 1.165) is 39.1 Å². The summed E-state index contributed by atoms with van der Waals surface area (Å²) in [5.41, 5.74) is 0. The first kappa shape index (κ1) is 16.4. The molecule has 0 aromatic heterocycles. The lowest BCUT2D eigenvalue weighted by Gasteiger charge is -2.32. The second kappa shape index (κ2) is 7.35. The maximum absolute atomic E-state index is 12.4. The maximum atomic E-state index is 12.4. The summed E-state index contributed by atoms with van der Waals surface area (Å²) in [6.45, 7) is 5.86. The first-order valence-electron chi connectivity index (χ1n) is 7.42. The van der Waals surface area contributed by atoms with Crippen LogP contribution >= 0.6 is 0 Å². The number of hydrogen-bond acceptors (Lipinski definition) is 4. The van der Waals surface area contributed by atoms with Crippen LogP contribution in [0.5, 0.6) is 0 Å². The summed E-state index contributed by atoms with van der Waals surface area (Å²) in [6, 6.07) is 8.63. The monoisotopic (exact) mass is 311 g/mol. The number of sulfonamides is 1. The average molecular weight is 311 g/mol. The average Bonchev–Trinajstić information content (AvgIpc) is 2.50. The Labute approximate surface area is 128 Å². The van der Waals surface area contributed by atoms with Gasteiger partial charge in [0.25, 0.3) is 0 Å². The molecular formula is C15H25N3O2S. The maximum Gasteiger partial charge on any atom is 0.242 e. The molecule has 1 aromatic rings. The van der Waals surface area contributed by atoms with Crippen molar-refractivity contribution in [3.8, 4) is 0 Å². The topological polar surface area (TPSA) is 43.9 Å². The van der Waals surface area contributed by atoms with Crippen LogP contribution in [0.2, 0.25) is 0 Å². The van der Waals surface area contributed by atoms with Gasteiger partial charge in [-0.05, 0) is 32.1 Å². The lowest BCUT2D eigenvalue weighted by Crippen LogP contribution is -2.45. The van der Waals surface area contributed by atoms with Gasteiger partial charge in [-0.3, -0.25) is 0 Å². The van der Waals surface area contributed by atoms with E-state index in [-0.39, 0.29) is 0 Å². The molecule has 0 spiro atoms. The summed E-state index contributed by atoms with van der Waals surface area (Å²) in [4.78, 5) is 5.10. The highest BCUT2D eigenvalue weighted by atomic mass is 32.2. The molecule has 5 nitrogen and oxygen atoms in total. The molecular weight excluding hydrogens is 286 g/mol. The molecule has 21 heavy (non-hydrogen) atoms. The van der Waals surface area contributed by atoms with Gasteiger partial charge < -0.3 is 9.80 Å². The third-order valence-electron chi connectivity index (χ3n) is 3.99. The molecule has 1 aliphatic heterocycles. The quantitative estimate of drug-likeness (QED) is 0.784. The van der Waals surface area contributed by atoms with Crippen LogP contribution in [0.4, 0.5) is 0 Å². The number of benzene rings is 1. The zero-order valence-electron chi connectivity index (χ0n) is 12.9. The van der Waals surface area contributed by atoms with Gasteiger partial charge in [0.05, 0.1) is 4.90 Å². The van der Waals surface area contributed by atoms with Crippen molar-refractivity contribution in [2.24, 2.45) is 0 Å². The van der Waals surface area contributed by atoms with Crippen molar-refractivity contribution >= 4 is 10.0 Å². The molecule has 2 rings (SSSR count). The van der Waals surface area contributed by atoms with Gasteiger partial charge in [-0.1, -0.05) is 18.2 Å². The predicted octanol–water partition coefficient (Wildman–Crippen LogP) is 0.945. The molecule has 0 radical (unpaired) electrons. The number of hydrogen-bond donors (Lipinski definition) is 0. The zero-order chi connectivity index (χ0) is 15.3. The van der Waals surface area contributed by atoms with Crippen molar-refractivity contribution in [3.05, 3.63) is 30.3 Å². The van der Waals surface area contributed by atoms with Gasteiger partial charge in [0.2, 0.25) is 10.0 Å². The van der Waals surface area contributed by atoms with Gasteiger partial charge in [-0.2, -0.15) is 0 Å². The minimum absolute atomic E-state index is 0.368. The second-order valence-electron chi connectivity index (χ2n) is 5.64. The van der Waals surface area contributed by atoms with Gasteiger partial charge in [-0.15, -0.1) is 0 Å². The normalized spacial score (nSPS) is 18.2. The van der Waals surface area contributed by atoms with Crippen LogP contribution in [0.15, 0.2) is 35.2 Å². The van der Waals surface area contributed by atoms with E-state index in [0.29, 0.717) is 11.4 Å². The molecule has 0 amide bonds. The van der Waals surface area contributed by atoms with Crippen molar-refractivity contribution in [1.82, 2.24) is 14.1 Å². The van der Waals surface area contributed by atoms with Gasteiger partial charge in [0, 0.05) is 39.8 Å². The fourth-order valence-corrected chi connectivity index (χ4v) is 3.71. The molecule has 1 fully saturated rings. The Kier molecular flexibility index (Phi) is 5.75. The summed E-state index contributed by atoms with van der Waals surface area (Å²) in [5, 5.41) is 0. The number of nitrogens with zero attached hydrogens (tertiary/aromatic N) is 3. The largest absolute Gasteiger partial charge is 0.304 e. The number of rotatable bonds is 6. The minimum Gasteiger partial charge on any atom is -0.304 e. The first-order valence-corrected chi connectivity index (χ1v) is 8.86. The highest BCUT2D eigenvalue weighted by Gasteiger charge is 2.20. The Morgan fingerprint density at radius 2 is 1.71 bits per heavy atom. The Morgan fingerprint density at radius 3 is 2.33 bits per heavy atom. The summed E-state index contributed by atoms with van der Waals surface area (Å²) in [6.07, 6.45) is 0.867. The van der Waals surface area contributed by atoms with E-state index < -0.39 is 10.0 Å². The highest BCUT2D eigenvalue weighted by Crippen LogP contribution is 2.13. The lowest BCUT2D eigenvalue weighted by molar-refractivity contribution is 0.151. The molecule has 1 aliphatic rings. The lowest BCUT2D eigenvalue weighted by atomic mass is 10.3. The molecule has 0 atom stereocenters. The SMILES string of the molecule is CN1CCN(CCCN(C)S(=O)(=O)c2ccccc2)CC1. The third-order valence-corrected chi connectivity index (χ3v) is 5.87. The fourth-order valence-electron chi connectivity index (χ4n) is 2.48. The molecule has 0 unspecified atom stereocenters. The van der Waals surface area contributed by atoms with Crippen molar-refractivity contribution in [2.45, 2.75) is 11.3 Å². The van der Waals surface area contributed by atoms with Gasteiger partial charge in [-0.25, -0.2) is 12.7 Å². The van der Waals surface area contributed by atoms with Crippen LogP contribution in [0.1, 0.15) is 6.42 Å². The van der Waals surface area contributed by atoms with Gasteiger partial charge >= 0.3 is 0 Å². The number of piperazine rings is 1. The first-order chi connectivity index (χ1) is 10.00. The molecule has 0 saturated carbocycles. The standard InChI is InChI=1S/C15H25N3O2S/c1-16-11-13-18(14-12-16)10-6-9-17(2)21(19,20)15-7-4-3-5-8-15/h3-5,7-8H,6,9-14H2,1-2H3.